The number of hydrogen-bond donors (Lipinski definition) is 2. The Balaban J connectivity index is 1.30. The predicted molar refractivity (Wildman–Crippen MR) is 122 cm³/mol. The fourth-order valence-corrected chi connectivity index (χ4v) is 4.33. The zero-order valence-corrected chi connectivity index (χ0v) is 17.8. The molecule has 1 aromatic carbocycles. The number of nitrogens with zero attached hydrogens (tertiary/aromatic N) is 2. The minimum Gasteiger partial charge on any atom is -0.323 e. The van der Waals surface area contributed by atoms with Gasteiger partial charge in [0.15, 0.2) is 5.78 Å². The van der Waals surface area contributed by atoms with Crippen LogP contribution in [0.3, 0.4) is 0 Å². The van der Waals surface area contributed by atoms with Crippen molar-refractivity contribution in [3.05, 3.63) is 66.0 Å². The van der Waals surface area contributed by atoms with Crippen LogP contribution in [0, 0.1) is 0 Å². The van der Waals surface area contributed by atoms with E-state index in [4.69, 9.17) is 0 Å². The number of carbonyl (C=O) groups excluding carboxylic acids is 2. The molecule has 0 aliphatic carbocycles. The third kappa shape index (κ3) is 4.74. The molecule has 2 amide bonds. The molecule has 1 atom stereocenters. The number of Topliss-reactive ketones (excluding diaryl/α,β-unsaturated/α-hetero) is 1. The van der Waals surface area contributed by atoms with E-state index in [1.165, 1.54) is 11.1 Å². The van der Waals surface area contributed by atoms with E-state index in [0.717, 1.165) is 11.3 Å². The second-order valence-corrected chi connectivity index (χ2v) is 8.56. The minimum absolute atomic E-state index is 0.0771. The topological polar surface area (TPSA) is 74.3 Å². The first kappa shape index (κ1) is 20.6. The summed E-state index contributed by atoms with van der Waals surface area (Å²) in [5, 5.41) is 6.25. The molecular formula is C23H26N4O2S. The number of rotatable bonds is 6. The smallest absolute Gasteiger partial charge is 0.321 e. The van der Waals surface area contributed by atoms with E-state index in [2.05, 4.69) is 27.8 Å². The summed E-state index contributed by atoms with van der Waals surface area (Å²) in [6, 6.07) is 11.7. The first-order chi connectivity index (χ1) is 14.6. The number of carbonyl (C=O) groups is 2. The molecule has 156 valence electrons. The highest BCUT2D eigenvalue weighted by molar-refractivity contribution is 7.99. The number of aromatic nitrogens is 1. The van der Waals surface area contributed by atoms with Gasteiger partial charge in [-0.25, -0.2) is 4.79 Å². The number of likely N-dealkylation sites (tertiary alicyclic amines) is 1. The quantitative estimate of drug-likeness (QED) is 0.747. The number of amides is 2. The van der Waals surface area contributed by atoms with E-state index in [0.29, 0.717) is 37.7 Å². The van der Waals surface area contributed by atoms with Crippen LogP contribution in [0.5, 0.6) is 0 Å². The molecule has 2 aromatic rings. The van der Waals surface area contributed by atoms with Gasteiger partial charge in [0, 0.05) is 43.6 Å². The van der Waals surface area contributed by atoms with Crippen molar-refractivity contribution in [1.82, 2.24) is 15.2 Å². The molecule has 2 aliphatic rings. The molecule has 1 saturated heterocycles. The van der Waals surface area contributed by atoms with Gasteiger partial charge in [-0.3, -0.25) is 9.78 Å². The van der Waals surface area contributed by atoms with Crippen LogP contribution in [-0.2, 0) is 4.79 Å². The molecule has 3 heterocycles. The first-order valence-electron chi connectivity index (χ1n) is 10.1. The van der Waals surface area contributed by atoms with Crippen LogP contribution in [0.1, 0.15) is 23.5 Å². The van der Waals surface area contributed by atoms with E-state index in [-0.39, 0.29) is 17.9 Å². The van der Waals surface area contributed by atoms with Gasteiger partial charge in [0.25, 0.3) is 0 Å². The van der Waals surface area contributed by atoms with Gasteiger partial charge in [-0.2, -0.15) is 11.8 Å². The first-order valence-corrected chi connectivity index (χ1v) is 11.5. The lowest BCUT2D eigenvalue weighted by molar-refractivity contribution is -0.118. The summed E-state index contributed by atoms with van der Waals surface area (Å²) < 4.78 is 0. The fraction of sp³-hybridized carbons (Fsp3) is 0.348. The molecule has 1 fully saturated rings. The maximum absolute atomic E-state index is 12.5. The molecule has 2 aliphatic heterocycles. The standard InChI is InChI=1S/C23H26N4O2S/c1-30-15-22(28)21-11-17(8-10-25-21)16-4-6-20(7-5-16)26-23(29)27-13-19(14-27)18-3-2-9-24-12-18/h2-9,12,19,21,25H,10-11,13-15H2,1H3,(H,26,29). The number of hydrogen-bond acceptors (Lipinski definition) is 5. The van der Waals surface area contributed by atoms with Crippen molar-refractivity contribution in [2.75, 3.05) is 37.0 Å². The lowest BCUT2D eigenvalue weighted by Crippen LogP contribution is -2.50. The monoisotopic (exact) mass is 422 g/mol. The Morgan fingerprint density at radius 3 is 2.73 bits per heavy atom. The van der Waals surface area contributed by atoms with Crippen LogP contribution in [0.2, 0.25) is 0 Å². The van der Waals surface area contributed by atoms with Crippen LogP contribution in [-0.4, -0.2) is 59.4 Å². The molecule has 6 nitrogen and oxygen atoms in total. The van der Waals surface area contributed by atoms with E-state index in [9.17, 15) is 9.59 Å². The SMILES string of the molecule is CSCC(=O)C1CC(c2ccc(NC(=O)N3CC(c4cccnc4)C3)cc2)=CCN1. The zero-order chi connectivity index (χ0) is 20.9. The molecule has 1 unspecified atom stereocenters. The molecule has 0 bridgehead atoms. The van der Waals surface area contributed by atoms with E-state index >= 15 is 0 Å². The fourth-order valence-electron chi connectivity index (χ4n) is 3.85. The lowest BCUT2D eigenvalue weighted by atomic mass is 9.93. The van der Waals surface area contributed by atoms with Gasteiger partial charge in [0.2, 0.25) is 0 Å². The number of ketones is 1. The molecule has 1 aromatic heterocycles. The number of thioether (sulfide) groups is 1. The van der Waals surface area contributed by atoms with E-state index < -0.39 is 0 Å². The number of urea groups is 1. The van der Waals surface area contributed by atoms with Gasteiger partial charge < -0.3 is 15.5 Å². The number of benzene rings is 1. The number of pyridine rings is 1. The average Bonchev–Trinajstić information content (AvgIpc) is 2.74. The van der Waals surface area contributed by atoms with Crippen LogP contribution in [0.4, 0.5) is 10.5 Å². The summed E-state index contributed by atoms with van der Waals surface area (Å²) in [7, 11) is 0. The van der Waals surface area contributed by atoms with Gasteiger partial charge in [-0.15, -0.1) is 0 Å². The van der Waals surface area contributed by atoms with Crippen molar-refractivity contribution < 1.29 is 9.59 Å². The summed E-state index contributed by atoms with van der Waals surface area (Å²) in [6.07, 6.45) is 8.42. The van der Waals surface area contributed by atoms with Crippen LogP contribution in [0.15, 0.2) is 54.9 Å². The van der Waals surface area contributed by atoms with Crippen LogP contribution < -0.4 is 10.6 Å². The Morgan fingerprint density at radius 2 is 2.03 bits per heavy atom. The van der Waals surface area contributed by atoms with Crippen molar-refractivity contribution in [2.24, 2.45) is 0 Å². The Kier molecular flexibility index (Phi) is 6.50. The van der Waals surface area contributed by atoms with Gasteiger partial charge in [0.1, 0.15) is 0 Å². The summed E-state index contributed by atoms with van der Waals surface area (Å²) in [5.74, 6) is 1.14. The van der Waals surface area contributed by atoms with E-state index in [1.807, 2.05) is 47.7 Å². The summed E-state index contributed by atoms with van der Waals surface area (Å²) in [5.41, 5.74) is 4.22. The lowest BCUT2D eigenvalue weighted by Gasteiger charge is -2.39. The van der Waals surface area contributed by atoms with Gasteiger partial charge >= 0.3 is 6.03 Å². The molecule has 0 saturated carbocycles. The van der Waals surface area contributed by atoms with Gasteiger partial charge in [0.05, 0.1) is 11.8 Å². The number of nitrogens with one attached hydrogen (secondary N) is 2. The normalized spacial score (nSPS) is 19.0. The van der Waals surface area contributed by atoms with Crippen molar-refractivity contribution in [2.45, 2.75) is 18.4 Å². The molecule has 2 N–H and O–H groups in total. The van der Waals surface area contributed by atoms with Crippen LogP contribution >= 0.6 is 11.8 Å². The minimum atomic E-state index is -0.115. The van der Waals surface area contributed by atoms with Crippen LogP contribution in [0.25, 0.3) is 5.57 Å². The van der Waals surface area contributed by atoms with Crippen molar-refractivity contribution in [3.8, 4) is 0 Å². The Bertz CT molecular complexity index is 924. The largest absolute Gasteiger partial charge is 0.323 e. The highest BCUT2D eigenvalue weighted by Gasteiger charge is 2.31. The molecule has 0 spiro atoms. The third-order valence-electron chi connectivity index (χ3n) is 5.64. The second kappa shape index (κ2) is 9.45. The van der Waals surface area contributed by atoms with Crippen molar-refractivity contribution in [3.63, 3.8) is 0 Å². The zero-order valence-electron chi connectivity index (χ0n) is 17.0. The highest BCUT2D eigenvalue weighted by atomic mass is 32.2. The Morgan fingerprint density at radius 1 is 1.23 bits per heavy atom. The van der Waals surface area contributed by atoms with E-state index in [1.54, 1.807) is 18.0 Å². The maximum atomic E-state index is 12.5. The maximum Gasteiger partial charge on any atom is 0.321 e. The van der Waals surface area contributed by atoms with Gasteiger partial charge in [-0.05, 0) is 47.6 Å². The highest BCUT2D eigenvalue weighted by Crippen LogP contribution is 2.28. The summed E-state index contributed by atoms with van der Waals surface area (Å²) in [4.78, 5) is 30.6. The molecule has 30 heavy (non-hydrogen) atoms. The molecular weight excluding hydrogens is 396 g/mol. The average molecular weight is 423 g/mol. The third-order valence-corrected chi connectivity index (χ3v) is 6.22. The molecule has 7 heteroatoms. The number of anilines is 1. The summed E-state index contributed by atoms with van der Waals surface area (Å²) >= 11 is 1.56. The second-order valence-electron chi connectivity index (χ2n) is 7.69. The Labute approximate surface area is 181 Å². The predicted octanol–water partition coefficient (Wildman–Crippen LogP) is 3.39. The molecule has 4 rings (SSSR count). The van der Waals surface area contributed by atoms with Gasteiger partial charge in [-0.1, -0.05) is 24.3 Å². The summed E-state index contributed by atoms with van der Waals surface area (Å²) in [6.45, 7) is 2.12. The Hall–Kier alpha value is -2.64. The molecule has 0 radical (unpaired) electrons. The van der Waals surface area contributed by atoms with Crippen molar-refractivity contribution in [1.29, 1.82) is 0 Å². The van der Waals surface area contributed by atoms with Crippen molar-refractivity contribution >= 4 is 34.8 Å².